The number of nitrogens with two attached hydrogens (primary N) is 1. The summed E-state index contributed by atoms with van der Waals surface area (Å²) in [5, 5.41) is 2.92. The summed E-state index contributed by atoms with van der Waals surface area (Å²) in [6.07, 6.45) is 2.60. The molecular formula is C15H23ClN2O2. The standard InChI is InChI=1S/C15H22N2O2.ClH/c16-14(13-7-10-19-11-8-13)15(18)17-9-6-12-4-2-1-3-5-12;/h1-5,13-14H,6-11,16H2,(H,17,18);1H. The molecule has 1 unspecified atom stereocenters. The van der Waals surface area contributed by atoms with Crippen LogP contribution < -0.4 is 11.1 Å². The molecule has 3 N–H and O–H groups in total. The van der Waals surface area contributed by atoms with Gasteiger partial charge in [-0.25, -0.2) is 0 Å². The Kier molecular flexibility index (Phi) is 7.59. The van der Waals surface area contributed by atoms with E-state index in [1.54, 1.807) is 0 Å². The van der Waals surface area contributed by atoms with Crippen molar-refractivity contribution in [3.8, 4) is 0 Å². The molecule has 4 nitrogen and oxygen atoms in total. The molecule has 20 heavy (non-hydrogen) atoms. The monoisotopic (exact) mass is 298 g/mol. The molecule has 2 rings (SSSR count). The summed E-state index contributed by atoms with van der Waals surface area (Å²) in [6.45, 7) is 2.07. The molecule has 112 valence electrons. The van der Waals surface area contributed by atoms with Gasteiger partial charge in [0.2, 0.25) is 5.91 Å². The first-order valence-corrected chi connectivity index (χ1v) is 6.92. The molecule has 0 aromatic heterocycles. The summed E-state index contributed by atoms with van der Waals surface area (Å²) in [4.78, 5) is 12.0. The van der Waals surface area contributed by atoms with Crippen LogP contribution >= 0.6 is 12.4 Å². The van der Waals surface area contributed by atoms with E-state index in [0.717, 1.165) is 32.5 Å². The lowest BCUT2D eigenvalue weighted by atomic mass is 9.92. The molecular weight excluding hydrogens is 276 g/mol. The minimum atomic E-state index is -0.403. The summed E-state index contributed by atoms with van der Waals surface area (Å²) in [6, 6.07) is 9.72. The SMILES string of the molecule is Cl.NC(C(=O)NCCc1ccccc1)C1CCOCC1. The second kappa shape index (κ2) is 8.95. The van der Waals surface area contributed by atoms with E-state index in [1.807, 2.05) is 18.2 Å². The van der Waals surface area contributed by atoms with Gasteiger partial charge in [-0.1, -0.05) is 30.3 Å². The zero-order valence-electron chi connectivity index (χ0n) is 11.6. The van der Waals surface area contributed by atoms with Gasteiger partial charge in [0.15, 0.2) is 0 Å². The highest BCUT2D eigenvalue weighted by Crippen LogP contribution is 2.17. The molecule has 1 fully saturated rings. The van der Waals surface area contributed by atoms with E-state index >= 15 is 0 Å². The molecule has 0 saturated carbocycles. The van der Waals surface area contributed by atoms with Gasteiger partial charge >= 0.3 is 0 Å². The molecule has 0 spiro atoms. The lowest BCUT2D eigenvalue weighted by Crippen LogP contribution is -2.47. The largest absolute Gasteiger partial charge is 0.381 e. The number of nitrogens with one attached hydrogen (secondary N) is 1. The number of hydrogen-bond acceptors (Lipinski definition) is 3. The normalized spacial score (nSPS) is 17.1. The first-order chi connectivity index (χ1) is 9.27. The average Bonchev–Trinajstić information content (AvgIpc) is 2.48. The topological polar surface area (TPSA) is 64.4 Å². The number of amides is 1. The maximum absolute atomic E-state index is 12.0. The van der Waals surface area contributed by atoms with Crippen LogP contribution in [0.5, 0.6) is 0 Å². The summed E-state index contributed by atoms with van der Waals surface area (Å²) in [5.74, 6) is 0.216. The van der Waals surface area contributed by atoms with Crippen molar-refractivity contribution in [2.45, 2.75) is 25.3 Å². The van der Waals surface area contributed by atoms with Gasteiger partial charge in [-0.15, -0.1) is 12.4 Å². The van der Waals surface area contributed by atoms with Crippen LogP contribution in [0.3, 0.4) is 0 Å². The predicted molar refractivity (Wildman–Crippen MR) is 81.9 cm³/mol. The maximum Gasteiger partial charge on any atom is 0.237 e. The van der Waals surface area contributed by atoms with E-state index in [-0.39, 0.29) is 24.2 Å². The number of hydrogen-bond donors (Lipinski definition) is 2. The molecule has 0 aliphatic carbocycles. The van der Waals surface area contributed by atoms with Crippen molar-refractivity contribution < 1.29 is 9.53 Å². The first-order valence-electron chi connectivity index (χ1n) is 6.92. The van der Waals surface area contributed by atoms with Crippen molar-refractivity contribution in [3.63, 3.8) is 0 Å². The summed E-state index contributed by atoms with van der Waals surface area (Å²) in [7, 11) is 0. The highest BCUT2D eigenvalue weighted by molar-refractivity contribution is 5.85. The Hall–Kier alpha value is -1.10. The second-order valence-corrected chi connectivity index (χ2v) is 5.00. The average molecular weight is 299 g/mol. The third-order valence-corrected chi connectivity index (χ3v) is 3.63. The number of benzene rings is 1. The van der Waals surface area contributed by atoms with Crippen molar-refractivity contribution in [1.29, 1.82) is 0 Å². The van der Waals surface area contributed by atoms with Gasteiger partial charge in [0.05, 0.1) is 6.04 Å². The Morgan fingerprint density at radius 3 is 2.60 bits per heavy atom. The smallest absolute Gasteiger partial charge is 0.237 e. The highest BCUT2D eigenvalue weighted by Gasteiger charge is 2.26. The molecule has 5 heteroatoms. The zero-order valence-corrected chi connectivity index (χ0v) is 12.4. The molecule has 1 aliphatic rings. The quantitative estimate of drug-likeness (QED) is 0.866. The van der Waals surface area contributed by atoms with Crippen LogP contribution in [-0.2, 0) is 16.0 Å². The van der Waals surface area contributed by atoms with E-state index in [2.05, 4.69) is 17.4 Å². The summed E-state index contributed by atoms with van der Waals surface area (Å²) < 4.78 is 5.28. The maximum atomic E-state index is 12.0. The van der Waals surface area contributed by atoms with Gasteiger partial charge in [0, 0.05) is 19.8 Å². The molecule has 0 bridgehead atoms. The summed E-state index contributed by atoms with van der Waals surface area (Å²) >= 11 is 0. The molecule has 1 saturated heterocycles. The molecule has 1 amide bonds. The van der Waals surface area contributed by atoms with Gasteiger partial charge in [-0.3, -0.25) is 4.79 Å². The lowest BCUT2D eigenvalue weighted by Gasteiger charge is -2.26. The van der Waals surface area contributed by atoms with Gasteiger partial charge < -0.3 is 15.8 Å². The van der Waals surface area contributed by atoms with Gasteiger partial charge in [0.25, 0.3) is 0 Å². The molecule has 1 aromatic carbocycles. The van der Waals surface area contributed by atoms with E-state index in [1.165, 1.54) is 5.56 Å². The van der Waals surface area contributed by atoms with Crippen molar-refractivity contribution in [3.05, 3.63) is 35.9 Å². The van der Waals surface area contributed by atoms with Crippen molar-refractivity contribution >= 4 is 18.3 Å². The number of ether oxygens (including phenoxy) is 1. The van der Waals surface area contributed by atoms with E-state index in [4.69, 9.17) is 10.5 Å². The predicted octanol–water partition coefficient (Wildman–Crippen LogP) is 1.52. The second-order valence-electron chi connectivity index (χ2n) is 5.00. The van der Waals surface area contributed by atoms with Crippen LogP contribution in [-0.4, -0.2) is 31.7 Å². The minimum absolute atomic E-state index is 0. The Morgan fingerprint density at radius 2 is 1.95 bits per heavy atom. The fourth-order valence-electron chi connectivity index (χ4n) is 2.38. The van der Waals surface area contributed by atoms with Crippen molar-refractivity contribution in [2.24, 2.45) is 11.7 Å². The fourth-order valence-corrected chi connectivity index (χ4v) is 2.38. The molecule has 1 aliphatic heterocycles. The van der Waals surface area contributed by atoms with Crippen molar-refractivity contribution in [2.75, 3.05) is 19.8 Å². The van der Waals surface area contributed by atoms with E-state index in [9.17, 15) is 4.79 Å². The number of carbonyl (C=O) groups excluding carboxylic acids is 1. The van der Waals surface area contributed by atoms with Gasteiger partial charge in [-0.05, 0) is 30.7 Å². The Morgan fingerprint density at radius 1 is 1.30 bits per heavy atom. The molecule has 1 aromatic rings. The third kappa shape index (κ3) is 5.12. The molecule has 0 radical (unpaired) electrons. The zero-order chi connectivity index (χ0) is 13.5. The van der Waals surface area contributed by atoms with Crippen LogP contribution in [0, 0.1) is 5.92 Å². The van der Waals surface area contributed by atoms with E-state index in [0.29, 0.717) is 6.54 Å². The highest BCUT2D eigenvalue weighted by atomic mass is 35.5. The van der Waals surface area contributed by atoms with Crippen LogP contribution in [0.25, 0.3) is 0 Å². The van der Waals surface area contributed by atoms with E-state index < -0.39 is 6.04 Å². The van der Waals surface area contributed by atoms with Crippen molar-refractivity contribution in [1.82, 2.24) is 5.32 Å². The van der Waals surface area contributed by atoms with Gasteiger partial charge in [0.1, 0.15) is 0 Å². The molecule has 1 heterocycles. The Bertz CT molecular complexity index is 394. The number of rotatable bonds is 5. The summed E-state index contributed by atoms with van der Waals surface area (Å²) in [5.41, 5.74) is 7.23. The van der Waals surface area contributed by atoms with Crippen LogP contribution in [0.15, 0.2) is 30.3 Å². The van der Waals surface area contributed by atoms with Crippen LogP contribution in [0.1, 0.15) is 18.4 Å². The molecule has 1 atom stereocenters. The van der Waals surface area contributed by atoms with Crippen LogP contribution in [0.4, 0.5) is 0 Å². The Balaban J connectivity index is 0.00000200. The first kappa shape index (κ1) is 17.0. The number of halogens is 1. The fraction of sp³-hybridized carbons (Fsp3) is 0.533. The van der Waals surface area contributed by atoms with Gasteiger partial charge in [-0.2, -0.15) is 0 Å². The lowest BCUT2D eigenvalue weighted by molar-refractivity contribution is -0.124. The number of carbonyl (C=O) groups is 1. The third-order valence-electron chi connectivity index (χ3n) is 3.63. The minimum Gasteiger partial charge on any atom is -0.381 e. The Labute approximate surface area is 126 Å². The van der Waals surface area contributed by atoms with Crippen LogP contribution in [0.2, 0.25) is 0 Å².